The highest BCUT2D eigenvalue weighted by molar-refractivity contribution is 5.91. The number of nitrogens with zero attached hydrogens (tertiary/aromatic N) is 4. The molecular formula is C15H16FN5O. The van der Waals surface area contributed by atoms with E-state index in [0.717, 1.165) is 0 Å². The van der Waals surface area contributed by atoms with Crippen LogP contribution >= 0.6 is 0 Å². The van der Waals surface area contributed by atoms with E-state index in [0.29, 0.717) is 16.8 Å². The van der Waals surface area contributed by atoms with E-state index in [1.165, 1.54) is 18.5 Å². The maximum atomic E-state index is 13.3. The Kier molecular flexibility index (Phi) is 3.20. The molecule has 3 aromatic rings. The van der Waals surface area contributed by atoms with Crippen LogP contribution in [0.3, 0.4) is 0 Å². The van der Waals surface area contributed by atoms with Crippen LogP contribution < -0.4 is 10.5 Å². The van der Waals surface area contributed by atoms with Gasteiger partial charge in [-0.25, -0.2) is 19.0 Å². The van der Waals surface area contributed by atoms with Gasteiger partial charge in [0.25, 0.3) is 5.88 Å². The molecular weight excluding hydrogens is 285 g/mol. The number of rotatable bonds is 2. The molecule has 0 saturated heterocycles. The number of anilines is 1. The summed E-state index contributed by atoms with van der Waals surface area (Å²) in [6.45, 7) is 5.97. The number of hydrogen-bond donors (Lipinski definition) is 1. The Bertz CT molecular complexity index is 838. The minimum atomic E-state index is -0.388. The summed E-state index contributed by atoms with van der Waals surface area (Å²) in [5, 5.41) is 4.95. The zero-order valence-electron chi connectivity index (χ0n) is 12.5. The van der Waals surface area contributed by atoms with Crippen LogP contribution in [0.25, 0.3) is 11.0 Å². The molecule has 0 amide bonds. The highest BCUT2D eigenvalue weighted by Gasteiger charge is 2.24. The molecule has 0 fully saturated rings. The molecule has 0 bridgehead atoms. The van der Waals surface area contributed by atoms with Gasteiger partial charge in [0.1, 0.15) is 29.1 Å². The summed E-state index contributed by atoms with van der Waals surface area (Å²) in [5.41, 5.74) is 6.20. The molecule has 6 nitrogen and oxygen atoms in total. The van der Waals surface area contributed by atoms with Gasteiger partial charge in [0, 0.05) is 6.07 Å². The van der Waals surface area contributed by atoms with Crippen molar-refractivity contribution in [3.8, 4) is 11.6 Å². The topological polar surface area (TPSA) is 78.9 Å². The Labute approximate surface area is 126 Å². The normalized spacial score (nSPS) is 11.8. The predicted octanol–water partition coefficient (Wildman–Crippen LogP) is 3.09. The molecule has 0 aliphatic carbocycles. The lowest BCUT2D eigenvalue weighted by atomic mass is 10.1. The molecule has 0 aliphatic heterocycles. The van der Waals surface area contributed by atoms with Crippen LogP contribution in [0.15, 0.2) is 30.6 Å². The van der Waals surface area contributed by atoms with Gasteiger partial charge >= 0.3 is 0 Å². The largest absolute Gasteiger partial charge is 0.437 e. The zero-order valence-corrected chi connectivity index (χ0v) is 12.5. The molecule has 1 aromatic carbocycles. The van der Waals surface area contributed by atoms with E-state index in [2.05, 4.69) is 15.1 Å². The number of hydrogen-bond acceptors (Lipinski definition) is 5. The Morgan fingerprint density at radius 2 is 2.00 bits per heavy atom. The Morgan fingerprint density at radius 3 is 2.68 bits per heavy atom. The third kappa shape index (κ3) is 2.45. The number of aromatic nitrogens is 4. The van der Waals surface area contributed by atoms with Crippen LogP contribution in [0.4, 0.5) is 10.2 Å². The van der Waals surface area contributed by atoms with Gasteiger partial charge in [0.2, 0.25) is 0 Å². The van der Waals surface area contributed by atoms with E-state index in [9.17, 15) is 4.39 Å². The number of halogens is 1. The number of ether oxygens (including phenoxy) is 1. The van der Waals surface area contributed by atoms with Crippen molar-refractivity contribution >= 4 is 16.9 Å². The number of nitrogens with two attached hydrogens (primary N) is 1. The third-order valence-electron chi connectivity index (χ3n) is 3.11. The molecule has 2 N–H and O–H groups in total. The summed E-state index contributed by atoms with van der Waals surface area (Å²) in [7, 11) is 0. The van der Waals surface area contributed by atoms with Crippen molar-refractivity contribution in [1.82, 2.24) is 19.7 Å². The lowest BCUT2D eigenvalue weighted by Gasteiger charge is -2.19. The summed E-state index contributed by atoms with van der Waals surface area (Å²) in [5.74, 6) is 0.477. The van der Waals surface area contributed by atoms with Crippen LogP contribution in [-0.2, 0) is 5.54 Å². The first kappa shape index (κ1) is 14.2. The molecule has 114 valence electrons. The van der Waals surface area contributed by atoms with Crippen molar-refractivity contribution in [3.63, 3.8) is 0 Å². The first-order valence-corrected chi connectivity index (χ1v) is 6.79. The molecule has 0 saturated carbocycles. The fourth-order valence-corrected chi connectivity index (χ4v) is 2.12. The van der Waals surface area contributed by atoms with E-state index in [4.69, 9.17) is 10.5 Å². The van der Waals surface area contributed by atoms with Crippen molar-refractivity contribution in [2.24, 2.45) is 0 Å². The van der Waals surface area contributed by atoms with E-state index in [1.807, 2.05) is 20.8 Å². The quantitative estimate of drug-likeness (QED) is 0.787. The maximum Gasteiger partial charge on any atom is 0.251 e. The molecule has 0 radical (unpaired) electrons. The Balaban J connectivity index is 2.17. The first-order valence-electron chi connectivity index (χ1n) is 6.79. The lowest BCUT2D eigenvalue weighted by molar-refractivity contribution is 0.349. The van der Waals surface area contributed by atoms with Gasteiger partial charge in [-0.15, -0.1) is 5.10 Å². The van der Waals surface area contributed by atoms with Crippen LogP contribution in [0.1, 0.15) is 20.8 Å². The predicted molar refractivity (Wildman–Crippen MR) is 81.2 cm³/mol. The summed E-state index contributed by atoms with van der Waals surface area (Å²) in [4.78, 5) is 8.23. The highest BCUT2D eigenvalue weighted by atomic mass is 19.1. The molecule has 0 spiro atoms. The van der Waals surface area contributed by atoms with Crippen molar-refractivity contribution in [2.45, 2.75) is 26.3 Å². The van der Waals surface area contributed by atoms with Gasteiger partial charge in [-0.2, -0.15) is 0 Å². The van der Waals surface area contributed by atoms with Gasteiger partial charge in [0.15, 0.2) is 5.65 Å². The standard InChI is InChI=1S/C15H16FN5O/c1-15(2,3)21-13-11(12(17)18-8-19-13)14(20-21)22-10-6-4-5-9(16)7-10/h4-8H,1-3H3,(H2,17,18,19). The second kappa shape index (κ2) is 4.94. The summed E-state index contributed by atoms with van der Waals surface area (Å²) in [6.07, 6.45) is 1.38. The third-order valence-corrected chi connectivity index (χ3v) is 3.11. The Hall–Kier alpha value is -2.70. The van der Waals surface area contributed by atoms with Crippen molar-refractivity contribution in [3.05, 3.63) is 36.4 Å². The minimum absolute atomic E-state index is 0.258. The van der Waals surface area contributed by atoms with Gasteiger partial charge in [-0.05, 0) is 32.9 Å². The SMILES string of the molecule is CC(C)(C)n1nc(Oc2cccc(F)c2)c2c(N)ncnc21. The highest BCUT2D eigenvalue weighted by Crippen LogP contribution is 2.33. The van der Waals surface area contributed by atoms with Gasteiger partial charge in [-0.1, -0.05) is 6.07 Å². The van der Waals surface area contributed by atoms with Gasteiger partial charge in [0.05, 0.1) is 5.54 Å². The van der Waals surface area contributed by atoms with E-state index in [1.54, 1.807) is 16.8 Å². The van der Waals surface area contributed by atoms with Crippen molar-refractivity contribution in [2.75, 3.05) is 5.73 Å². The zero-order chi connectivity index (χ0) is 15.9. The molecule has 0 aliphatic rings. The summed E-state index contributed by atoms with van der Waals surface area (Å²) in [6, 6.07) is 5.83. The van der Waals surface area contributed by atoms with Crippen LogP contribution in [-0.4, -0.2) is 19.7 Å². The first-order chi connectivity index (χ1) is 10.4. The number of benzene rings is 1. The van der Waals surface area contributed by atoms with Crippen molar-refractivity contribution < 1.29 is 9.13 Å². The minimum Gasteiger partial charge on any atom is -0.437 e. The van der Waals surface area contributed by atoms with Gasteiger partial charge in [-0.3, -0.25) is 0 Å². The molecule has 3 rings (SSSR count). The average Bonchev–Trinajstić information content (AvgIpc) is 2.79. The molecule has 7 heteroatoms. The summed E-state index contributed by atoms with van der Waals surface area (Å²) >= 11 is 0. The smallest absolute Gasteiger partial charge is 0.251 e. The second-order valence-electron chi connectivity index (χ2n) is 5.90. The molecule has 0 atom stereocenters. The summed E-state index contributed by atoms with van der Waals surface area (Å²) < 4.78 is 20.7. The van der Waals surface area contributed by atoms with Crippen LogP contribution in [0, 0.1) is 5.82 Å². The maximum absolute atomic E-state index is 13.3. The monoisotopic (exact) mass is 301 g/mol. The van der Waals surface area contributed by atoms with Crippen LogP contribution in [0.2, 0.25) is 0 Å². The van der Waals surface area contributed by atoms with Crippen molar-refractivity contribution in [1.29, 1.82) is 0 Å². The molecule has 2 heterocycles. The number of fused-ring (bicyclic) bond motifs is 1. The molecule has 0 unspecified atom stereocenters. The Morgan fingerprint density at radius 1 is 1.23 bits per heavy atom. The number of nitrogen functional groups attached to an aromatic ring is 1. The van der Waals surface area contributed by atoms with Crippen LogP contribution in [0.5, 0.6) is 11.6 Å². The fourth-order valence-electron chi connectivity index (χ4n) is 2.12. The molecule has 22 heavy (non-hydrogen) atoms. The van der Waals surface area contributed by atoms with E-state index >= 15 is 0 Å². The van der Waals surface area contributed by atoms with Gasteiger partial charge < -0.3 is 10.5 Å². The lowest BCUT2D eigenvalue weighted by Crippen LogP contribution is -2.23. The van der Waals surface area contributed by atoms with E-state index in [-0.39, 0.29) is 23.1 Å². The second-order valence-corrected chi connectivity index (χ2v) is 5.90. The molecule has 2 aromatic heterocycles. The fraction of sp³-hybridized carbons (Fsp3) is 0.267. The van der Waals surface area contributed by atoms with E-state index < -0.39 is 0 Å². The average molecular weight is 301 g/mol.